The summed E-state index contributed by atoms with van der Waals surface area (Å²) >= 11 is 0. The first-order valence-corrected chi connectivity index (χ1v) is 3.57. The average molecular weight is 193 g/mol. The van der Waals surface area contributed by atoms with Crippen LogP contribution in [0.1, 0.15) is 15.9 Å². The van der Waals surface area contributed by atoms with Crippen LogP contribution in [-0.4, -0.2) is 23.2 Å². The van der Waals surface area contributed by atoms with Crippen molar-refractivity contribution in [3.63, 3.8) is 0 Å². The molecular weight excluding hydrogens is 186 g/mol. The fourth-order valence-electron chi connectivity index (χ4n) is 0.997. The third kappa shape index (κ3) is 1.43. The van der Waals surface area contributed by atoms with Crippen LogP contribution in [0.2, 0.25) is 0 Å². The summed E-state index contributed by atoms with van der Waals surface area (Å²) in [5.74, 6) is -1.32. The van der Waals surface area contributed by atoms with E-state index in [-0.39, 0.29) is 22.7 Å². The normalized spacial score (nSPS) is 9.14. The summed E-state index contributed by atoms with van der Waals surface area (Å²) in [6.07, 6.45) is 1.14. The summed E-state index contributed by atoms with van der Waals surface area (Å²) in [4.78, 5) is 14.4. The van der Waals surface area contributed by atoms with Gasteiger partial charge in [-0.25, -0.2) is 9.78 Å². The Balaban J connectivity index is 3.53. The van der Waals surface area contributed by atoms with Crippen LogP contribution in [0.3, 0.4) is 0 Å². The van der Waals surface area contributed by atoms with E-state index in [1.165, 1.54) is 7.11 Å². The van der Waals surface area contributed by atoms with Crippen LogP contribution in [0.4, 0.5) is 5.69 Å². The number of anilines is 1. The number of carboxylic acids is 1. The van der Waals surface area contributed by atoms with Crippen molar-refractivity contribution in [2.45, 2.75) is 0 Å². The number of rotatable bonds is 2. The van der Waals surface area contributed by atoms with Crippen molar-refractivity contribution in [1.82, 2.24) is 4.98 Å². The van der Waals surface area contributed by atoms with Gasteiger partial charge in [0.2, 0.25) is 5.88 Å². The Hall–Kier alpha value is -2.29. The molecule has 1 heterocycles. The molecule has 1 aromatic heterocycles. The first-order chi connectivity index (χ1) is 6.61. The van der Waals surface area contributed by atoms with Crippen LogP contribution in [0.15, 0.2) is 6.20 Å². The van der Waals surface area contributed by atoms with Crippen LogP contribution in [0.25, 0.3) is 0 Å². The van der Waals surface area contributed by atoms with Crippen molar-refractivity contribution < 1.29 is 14.6 Å². The number of ether oxygens (including phenoxy) is 1. The minimum atomic E-state index is -1.28. The highest BCUT2D eigenvalue weighted by atomic mass is 16.5. The molecule has 6 heteroatoms. The smallest absolute Gasteiger partial charge is 0.339 e. The van der Waals surface area contributed by atoms with Crippen LogP contribution < -0.4 is 10.5 Å². The van der Waals surface area contributed by atoms with Crippen molar-refractivity contribution in [3.05, 3.63) is 17.3 Å². The summed E-state index contributed by atoms with van der Waals surface area (Å²) in [5, 5.41) is 17.5. The molecule has 1 aromatic rings. The molecule has 0 amide bonds. The minimum Gasteiger partial charge on any atom is -0.480 e. The van der Waals surface area contributed by atoms with E-state index >= 15 is 0 Å². The lowest BCUT2D eigenvalue weighted by Gasteiger charge is -2.06. The van der Waals surface area contributed by atoms with Gasteiger partial charge < -0.3 is 15.6 Å². The number of hydrogen-bond acceptors (Lipinski definition) is 5. The zero-order valence-corrected chi connectivity index (χ0v) is 7.31. The van der Waals surface area contributed by atoms with Gasteiger partial charge in [-0.3, -0.25) is 0 Å². The molecule has 0 atom stereocenters. The second-order valence-electron chi connectivity index (χ2n) is 2.39. The third-order valence-corrected chi connectivity index (χ3v) is 1.59. The number of aromatic carboxylic acids is 1. The maximum Gasteiger partial charge on any atom is 0.339 e. The third-order valence-electron chi connectivity index (χ3n) is 1.59. The van der Waals surface area contributed by atoms with E-state index in [0.717, 1.165) is 6.20 Å². The highest BCUT2D eigenvalue weighted by molar-refractivity contribution is 5.96. The first kappa shape index (κ1) is 9.80. The molecular formula is C8H7N3O3. The van der Waals surface area contributed by atoms with E-state index in [9.17, 15) is 4.79 Å². The van der Waals surface area contributed by atoms with E-state index in [2.05, 4.69) is 4.98 Å². The highest BCUT2D eigenvalue weighted by Crippen LogP contribution is 2.23. The largest absolute Gasteiger partial charge is 0.480 e. The second kappa shape index (κ2) is 3.62. The second-order valence-corrected chi connectivity index (χ2v) is 2.39. The molecule has 0 radical (unpaired) electrons. The van der Waals surface area contributed by atoms with Gasteiger partial charge in [0.25, 0.3) is 0 Å². The summed E-state index contributed by atoms with van der Waals surface area (Å²) in [5.41, 5.74) is 4.87. The predicted molar refractivity (Wildman–Crippen MR) is 46.9 cm³/mol. The van der Waals surface area contributed by atoms with Gasteiger partial charge in [0.15, 0.2) is 0 Å². The van der Waals surface area contributed by atoms with Gasteiger partial charge in [0.1, 0.15) is 17.2 Å². The molecule has 0 bridgehead atoms. The Morgan fingerprint density at radius 3 is 2.86 bits per heavy atom. The summed E-state index contributed by atoms with van der Waals surface area (Å²) in [7, 11) is 1.30. The van der Waals surface area contributed by atoms with Crippen molar-refractivity contribution in [2.24, 2.45) is 0 Å². The lowest BCUT2D eigenvalue weighted by Crippen LogP contribution is -2.08. The van der Waals surface area contributed by atoms with Gasteiger partial charge in [0, 0.05) is 0 Å². The lowest BCUT2D eigenvalue weighted by molar-refractivity contribution is 0.0697. The predicted octanol–water partition coefficient (Wildman–Crippen LogP) is 0.242. The summed E-state index contributed by atoms with van der Waals surface area (Å²) < 4.78 is 4.73. The molecule has 0 aromatic carbocycles. The number of pyridine rings is 1. The Kier molecular flexibility index (Phi) is 2.53. The number of nitrogens with two attached hydrogens (primary N) is 1. The minimum absolute atomic E-state index is 0.0425. The summed E-state index contributed by atoms with van der Waals surface area (Å²) in [6.45, 7) is 0. The van der Waals surface area contributed by atoms with Gasteiger partial charge >= 0.3 is 5.97 Å². The first-order valence-electron chi connectivity index (χ1n) is 3.57. The van der Waals surface area contributed by atoms with Crippen molar-refractivity contribution in [3.8, 4) is 11.9 Å². The van der Waals surface area contributed by atoms with Crippen LogP contribution >= 0.6 is 0 Å². The number of nitrogens with zero attached hydrogens (tertiary/aromatic N) is 2. The van der Waals surface area contributed by atoms with Crippen molar-refractivity contribution in [2.75, 3.05) is 12.8 Å². The van der Waals surface area contributed by atoms with Gasteiger partial charge in [-0.15, -0.1) is 0 Å². The number of hydrogen-bond donors (Lipinski definition) is 2. The number of aromatic nitrogens is 1. The summed E-state index contributed by atoms with van der Waals surface area (Å²) in [6, 6.07) is 1.69. The number of carboxylic acid groups (broad SMARTS) is 1. The van der Waals surface area contributed by atoms with E-state index in [4.69, 9.17) is 20.8 Å². The molecule has 0 fully saturated rings. The van der Waals surface area contributed by atoms with Gasteiger partial charge in [-0.2, -0.15) is 5.26 Å². The molecule has 0 aliphatic rings. The maximum atomic E-state index is 10.8. The van der Waals surface area contributed by atoms with Crippen LogP contribution in [-0.2, 0) is 0 Å². The Labute approximate surface area is 79.5 Å². The molecule has 0 aliphatic heterocycles. The van der Waals surface area contributed by atoms with Crippen LogP contribution in [0.5, 0.6) is 5.88 Å². The Morgan fingerprint density at radius 1 is 1.79 bits per heavy atom. The standard InChI is InChI=1S/C8H7N3O3/c1-14-7-4(2-9)6(8(12)13)5(10)3-11-7/h3H,10H2,1H3,(H,12,13). The molecule has 0 unspecified atom stereocenters. The fraction of sp³-hybridized carbons (Fsp3) is 0.125. The van der Waals surface area contributed by atoms with E-state index < -0.39 is 5.97 Å². The zero-order chi connectivity index (χ0) is 10.7. The number of nitrogen functional groups attached to an aromatic ring is 1. The molecule has 0 saturated carbocycles. The van der Waals surface area contributed by atoms with Gasteiger partial charge in [-0.05, 0) is 0 Å². The molecule has 6 nitrogen and oxygen atoms in total. The van der Waals surface area contributed by atoms with Crippen LogP contribution in [0, 0.1) is 11.3 Å². The van der Waals surface area contributed by atoms with Gasteiger partial charge in [0.05, 0.1) is 19.0 Å². The average Bonchev–Trinajstić information content (AvgIpc) is 2.16. The highest BCUT2D eigenvalue weighted by Gasteiger charge is 2.19. The SMILES string of the molecule is COc1ncc(N)c(C(=O)O)c1C#N. The maximum absolute atomic E-state index is 10.8. The van der Waals surface area contributed by atoms with E-state index in [1.54, 1.807) is 6.07 Å². The van der Waals surface area contributed by atoms with E-state index in [1.807, 2.05) is 0 Å². The number of nitriles is 1. The van der Waals surface area contributed by atoms with Gasteiger partial charge in [-0.1, -0.05) is 0 Å². The van der Waals surface area contributed by atoms with Crippen molar-refractivity contribution >= 4 is 11.7 Å². The Morgan fingerprint density at radius 2 is 2.43 bits per heavy atom. The molecule has 0 spiro atoms. The molecule has 14 heavy (non-hydrogen) atoms. The quantitative estimate of drug-likeness (QED) is 0.696. The number of carbonyl (C=O) groups is 1. The molecule has 0 aliphatic carbocycles. The molecule has 3 N–H and O–H groups in total. The van der Waals surface area contributed by atoms with E-state index in [0.29, 0.717) is 0 Å². The lowest BCUT2D eigenvalue weighted by atomic mass is 10.1. The molecule has 1 rings (SSSR count). The Bertz CT molecular complexity index is 423. The van der Waals surface area contributed by atoms with Crippen molar-refractivity contribution in [1.29, 1.82) is 5.26 Å². The molecule has 72 valence electrons. The molecule has 0 saturated heterocycles. The fourth-order valence-corrected chi connectivity index (χ4v) is 0.997. The zero-order valence-electron chi connectivity index (χ0n) is 7.31. The topological polar surface area (TPSA) is 109 Å². The number of methoxy groups -OCH3 is 1. The monoisotopic (exact) mass is 193 g/mol.